The molecule has 3 atom stereocenters. The molecule has 1 aliphatic rings. The Hall–Kier alpha value is -0.120. The fourth-order valence-corrected chi connectivity index (χ4v) is 1.67. The first-order valence-electron chi connectivity index (χ1n) is 4.27. The van der Waals surface area contributed by atoms with E-state index in [1.54, 1.807) is 0 Å². The Bertz CT molecular complexity index is 117. The molecule has 3 heteroatoms. The van der Waals surface area contributed by atoms with Crippen molar-refractivity contribution in [3.05, 3.63) is 0 Å². The molecule has 0 aromatic carbocycles. The van der Waals surface area contributed by atoms with E-state index in [0.29, 0.717) is 12.1 Å². The van der Waals surface area contributed by atoms with Crippen LogP contribution in [0.25, 0.3) is 0 Å². The molecule has 0 aromatic rings. The van der Waals surface area contributed by atoms with Crippen LogP contribution in [-0.2, 0) is 0 Å². The third-order valence-corrected chi connectivity index (χ3v) is 2.11. The Kier molecular flexibility index (Phi) is 2.87. The van der Waals surface area contributed by atoms with Crippen LogP contribution in [0.3, 0.4) is 0 Å². The summed E-state index contributed by atoms with van der Waals surface area (Å²) in [5, 5.41) is 12.7. The topological polar surface area (TPSA) is 35.5 Å². The highest BCUT2D eigenvalue weighted by Gasteiger charge is 2.22. The summed E-state index contributed by atoms with van der Waals surface area (Å²) in [4.78, 5) is 2.09. The lowest BCUT2D eigenvalue weighted by atomic mass is 10.1. The molecule has 0 spiro atoms. The number of rotatable bonds is 1. The van der Waals surface area contributed by atoms with Gasteiger partial charge in [-0.15, -0.1) is 0 Å². The van der Waals surface area contributed by atoms with Crippen LogP contribution in [0.1, 0.15) is 20.8 Å². The zero-order chi connectivity index (χ0) is 8.43. The van der Waals surface area contributed by atoms with Crippen molar-refractivity contribution in [2.75, 3.05) is 13.1 Å². The third-order valence-electron chi connectivity index (χ3n) is 2.11. The first-order chi connectivity index (χ1) is 5.09. The highest BCUT2D eigenvalue weighted by atomic mass is 16.3. The van der Waals surface area contributed by atoms with E-state index in [-0.39, 0.29) is 6.23 Å². The summed E-state index contributed by atoms with van der Waals surface area (Å²) >= 11 is 0. The predicted molar refractivity (Wildman–Crippen MR) is 45.3 cm³/mol. The van der Waals surface area contributed by atoms with Crippen LogP contribution in [0.2, 0.25) is 0 Å². The Morgan fingerprint density at radius 1 is 1.36 bits per heavy atom. The lowest BCUT2D eigenvalue weighted by molar-refractivity contribution is -0.00769. The number of nitrogens with zero attached hydrogens (tertiary/aromatic N) is 1. The molecule has 0 aliphatic carbocycles. The standard InChI is InChI=1S/C8H18N2O/c1-6-4-10(8(3)11)5-7(2)9-6/h6-9,11H,4-5H2,1-3H3. The molecular weight excluding hydrogens is 140 g/mol. The van der Waals surface area contributed by atoms with Crippen molar-refractivity contribution in [1.82, 2.24) is 10.2 Å². The van der Waals surface area contributed by atoms with E-state index in [1.807, 2.05) is 6.92 Å². The first kappa shape index (κ1) is 8.97. The van der Waals surface area contributed by atoms with Gasteiger partial charge in [-0.3, -0.25) is 4.90 Å². The van der Waals surface area contributed by atoms with Crippen LogP contribution in [0.4, 0.5) is 0 Å². The summed E-state index contributed by atoms with van der Waals surface area (Å²) in [5.41, 5.74) is 0. The molecule has 1 aliphatic heterocycles. The van der Waals surface area contributed by atoms with Crippen LogP contribution >= 0.6 is 0 Å². The van der Waals surface area contributed by atoms with Crippen molar-refractivity contribution in [1.29, 1.82) is 0 Å². The summed E-state index contributed by atoms with van der Waals surface area (Å²) < 4.78 is 0. The molecule has 0 amide bonds. The van der Waals surface area contributed by atoms with Gasteiger partial charge >= 0.3 is 0 Å². The Balaban J connectivity index is 2.43. The van der Waals surface area contributed by atoms with Crippen molar-refractivity contribution in [2.45, 2.75) is 39.1 Å². The average Bonchev–Trinajstić information content (AvgIpc) is 1.85. The molecule has 0 bridgehead atoms. The fraction of sp³-hybridized carbons (Fsp3) is 1.00. The minimum absolute atomic E-state index is 0.304. The van der Waals surface area contributed by atoms with Gasteiger partial charge in [-0.1, -0.05) is 0 Å². The second-order valence-electron chi connectivity index (χ2n) is 3.55. The lowest BCUT2D eigenvalue weighted by Gasteiger charge is -2.37. The summed E-state index contributed by atoms with van der Waals surface area (Å²) in [6, 6.07) is 0.988. The van der Waals surface area contributed by atoms with Crippen molar-refractivity contribution < 1.29 is 5.11 Å². The minimum Gasteiger partial charge on any atom is -0.379 e. The van der Waals surface area contributed by atoms with Crippen molar-refractivity contribution >= 4 is 0 Å². The minimum atomic E-state index is -0.304. The zero-order valence-electron chi connectivity index (χ0n) is 7.54. The normalized spacial score (nSPS) is 37.1. The van der Waals surface area contributed by atoms with Crippen LogP contribution in [-0.4, -0.2) is 41.4 Å². The van der Waals surface area contributed by atoms with Gasteiger partial charge in [0.05, 0.1) is 0 Å². The van der Waals surface area contributed by atoms with Crippen LogP contribution < -0.4 is 5.32 Å². The molecular formula is C8H18N2O. The van der Waals surface area contributed by atoms with Gasteiger partial charge in [0.25, 0.3) is 0 Å². The maximum atomic E-state index is 9.31. The van der Waals surface area contributed by atoms with E-state index in [4.69, 9.17) is 0 Å². The van der Waals surface area contributed by atoms with E-state index in [0.717, 1.165) is 13.1 Å². The number of hydrogen-bond acceptors (Lipinski definition) is 3. The largest absolute Gasteiger partial charge is 0.379 e. The molecule has 3 unspecified atom stereocenters. The first-order valence-corrected chi connectivity index (χ1v) is 4.27. The summed E-state index contributed by atoms with van der Waals surface area (Å²) in [6.07, 6.45) is -0.304. The van der Waals surface area contributed by atoms with Gasteiger partial charge in [0.1, 0.15) is 6.23 Å². The molecule has 1 heterocycles. The molecule has 1 rings (SSSR count). The molecule has 0 radical (unpaired) electrons. The molecule has 2 N–H and O–H groups in total. The summed E-state index contributed by atoms with van der Waals surface area (Å²) in [6.45, 7) is 8.00. The smallest absolute Gasteiger partial charge is 0.104 e. The zero-order valence-corrected chi connectivity index (χ0v) is 7.54. The monoisotopic (exact) mass is 158 g/mol. The number of aliphatic hydroxyl groups is 1. The molecule has 0 aromatic heterocycles. The van der Waals surface area contributed by atoms with Crippen LogP contribution in [0, 0.1) is 0 Å². The Labute approximate surface area is 68.4 Å². The number of piperazine rings is 1. The maximum absolute atomic E-state index is 9.31. The van der Waals surface area contributed by atoms with Crippen molar-refractivity contribution in [2.24, 2.45) is 0 Å². The van der Waals surface area contributed by atoms with Crippen LogP contribution in [0.5, 0.6) is 0 Å². The third kappa shape index (κ3) is 2.43. The second-order valence-corrected chi connectivity index (χ2v) is 3.55. The molecule has 1 fully saturated rings. The van der Waals surface area contributed by atoms with Gasteiger partial charge in [0.15, 0.2) is 0 Å². The summed E-state index contributed by atoms with van der Waals surface area (Å²) in [5.74, 6) is 0. The number of nitrogens with one attached hydrogen (secondary N) is 1. The quantitative estimate of drug-likeness (QED) is 0.564. The molecule has 11 heavy (non-hydrogen) atoms. The van der Waals surface area contributed by atoms with Gasteiger partial charge in [-0.05, 0) is 20.8 Å². The summed E-state index contributed by atoms with van der Waals surface area (Å²) in [7, 11) is 0. The predicted octanol–water partition coefficient (Wildman–Crippen LogP) is 0.00690. The average molecular weight is 158 g/mol. The van der Waals surface area contributed by atoms with Gasteiger partial charge in [-0.25, -0.2) is 0 Å². The Morgan fingerprint density at radius 3 is 2.18 bits per heavy atom. The van der Waals surface area contributed by atoms with E-state index >= 15 is 0 Å². The lowest BCUT2D eigenvalue weighted by Crippen LogP contribution is -2.56. The number of hydrogen-bond donors (Lipinski definition) is 2. The van der Waals surface area contributed by atoms with Gasteiger partial charge in [0.2, 0.25) is 0 Å². The van der Waals surface area contributed by atoms with Gasteiger partial charge in [-0.2, -0.15) is 0 Å². The van der Waals surface area contributed by atoms with E-state index in [2.05, 4.69) is 24.1 Å². The van der Waals surface area contributed by atoms with Crippen molar-refractivity contribution in [3.63, 3.8) is 0 Å². The van der Waals surface area contributed by atoms with E-state index in [9.17, 15) is 5.11 Å². The molecule has 1 saturated heterocycles. The van der Waals surface area contributed by atoms with Gasteiger partial charge < -0.3 is 10.4 Å². The maximum Gasteiger partial charge on any atom is 0.104 e. The Morgan fingerprint density at radius 2 is 1.82 bits per heavy atom. The highest BCUT2D eigenvalue weighted by Crippen LogP contribution is 2.05. The highest BCUT2D eigenvalue weighted by molar-refractivity contribution is 4.80. The molecule has 66 valence electrons. The van der Waals surface area contributed by atoms with Crippen LogP contribution in [0.15, 0.2) is 0 Å². The van der Waals surface area contributed by atoms with E-state index < -0.39 is 0 Å². The molecule has 0 saturated carbocycles. The fourth-order valence-electron chi connectivity index (χ4n) is 1.67. The van der Waals surface area contributed by atoms with Gasteiger partial charge in [0, 0.05) is 25.2 Å². The van der Waals surface area contributed by atoms with Crippen molar-refractivity contribution in [3.8, 4) is 0 Å². The molecule has 3 nitrogen and oxygen atoms in total. The number of aliphatic hydroxyl groups excluding tert-OH is 1. The van der Waals surface area contributed by atoms with E-state index in [1.165, 1.54) is 0 Å². The second kappa shape index (κ2) is 3.52. The SMILES string of the molecule is CC1CN(C(C)O)CC(C)N1.